The van der Waals surface area contributed by atoms with Crippen LogP contribution in [0.25, 0.3) is 0 Å². The van der Waals surface area contributed by atoms with Crippen molar-refractivity contribution >= 4 is 15.9 Å². The maximum Gasteiger partial charge on any atom is 0.0684 e. The second-order valence-corrected chi connectivity index (χ2v) is 7.76. The Morgan fingerprint density at radius 3 is 2.95 bits per heavy atom. The summed E-state index contributed by atoms with van der Waals surface area (Å²) < 4.78 is 7.13. The van der Waals surface area contributed by atoms with Gasteiger partial charge in [-0.05, 0) is 37.5 Å². The van der Waals surface area contributed by atoms with Crippen molar-refractivity contribution in [3.63, 3.8) is 0 Å². The van der Waals surface area contributed by atoms with E-state index in [1.165, 1.54) is 18.4 Å². The van der Waals surface area contributed by atoms with Gasteiger partial charge in [-0.3, -0.25) is 0 Å². The van der Waals surface area contributed by atoms with Crippen LogP contribution in [0.4, 0.5) is 0 Å². The number of benzene rings is 1. The van der Waals surface area contributed by atoms with Crippen molar-refractivity contribution in [2.45, 2.75) is 51.8 Å². The Labute approximate surface area is 130 Å². The van der Waals surface area contributed by atoms with Crippen molar-refractivity contribution in [3.05, 3.63) is 34.3 Å². The summed E-state index contributed by atoms with van der Waals surface area (Å²) in [5, 5.41) is 3.85. The minimum Gasteiger partial charge on any atom is -0.377 e. The molecule has 1 heterocycles. The van der Waals surface area contributed by atoms with Crippen LogP contribution in [0.5, 0.6) is 0 Å². The second kappa shape index (κ2) is 5.43. The summed E-state index contributed by atoms with van der Waals surface area (Å²) in [4.78, 5) is 0. The summed E-state index contributed by atoms with van der Waals surface area (Å²) in [5.41, 5.74) is 1.58. The lowest BCUT2D eigenvalue weighted by Gasteiger charge is -2.60. The van der Waals surface area contributed by atoms with E-state index in [0.29, 0.717) is 24.1 Å². The van der Waals surface area contributed by atoms with Crippen LogP contribution in [-0.4, -0.2) is 18.8 Å². The molecule has 3 heteroatoms. The third-order valence-electron chi connectivity index (χ3n) is 5.11. The Morgan fingerprint density at radius 1 is 1.40 bits per heavy atom. The molecular formula is C17H24BrNO. The van der Waals surface area contributed by atoms with Crippen LogP contribution in [0.2, 0.25) is 0 Å². The number of ether oxygens (including phenoxy) is 1. The second-order valence-electron chi connectivity index (χ2n) is 6.84. The molecule has 3 rings (SSSR count). The molecule has 0 amide bonds. The summed E-state index contributed by atoms with van der Waals surface area (Å²) in [6.45, 7) is 7.88. The molecule has 2 nitrogen and oxygen atoms in total. The van der Waals surface area contributed by atoms with Crippen molar-refractivity contribution in [2.24, 2.45) is 11.3 Å². The molecule has 0 bridgehead atoms. The summed E-state index contributed by atoms with van der Waals surface area (Å²) in [6.07, 6.45) is 2.96. The van der Waals surface area contributed by atoms with Gasteiger partial charge in [0.15, 0.2) is 0 Å². The molecule has 2 aliphatic rings. The molecule has 0 radical (unpaired) electrons. The topological polar surface area (TPSA) is 21.3 Å². The van der Waals surface area contributed by atoms with Crippen LogP contribution >= 0.6 is 15.9 Å². The molecule has 0 aromatic heterocycles. The SMILES string of the molecule is C[C@H](NC1C2CCCOC2C1(C)C)c1cccc(Br)c1. The lowest BCUT2D eigenvalue weighted by atomic mass is 9.55. The molecule has 1 aromatic rings. The zero-order valence-corrected chi connectivity index (χ0v) is 14.1. The fourth-order valence-corrected chi connectivity index (χ4v) is 4.42. The highest BCUT2D eigenvalue weighted by Gasteiger charge is 2.57. The number of hydrogen-bond acceptors (Lipinski definition) is 2. The van der Waals surface area contributed by atoms with Gasteiger partial charge in [-0.1, -0.05) is 41.9 Å². The van der Waals surface area contributed by atoms with E-state index >= 15 is 0 Å². The van der Waals surface area contributed by atoms with Gasteiger partial charge in [0.1, 0.15) is 0 Å². The van der Waals surface area contributed by atoms with Crippen molar-refractivity contribution in [2.75, 3.05) is 6.61 Å². The quantitative estimate of drug-likeness (QED) is 0.887. The first kappa shape index (κ1) is 14.6. The largest absolute Gasteiger partial charge is 0.377 e. The molecular weight excluding hydrogens is 314 g/mol. The molecule has 20 heavy (non-hydrogen) atoms. The van der Waals surface area contributed by atoms with Gasteiger partial charge in [-0.25, -0.2) is 0 Å². The molecule has 1 saturated heterocycles. The van der Waals surface area contributed by atoms with E-state index in [9.17, 15) is 0 Å². The Hall–Kier alpha value is -0.380. The van der Waals surface area contributed by atoms with Crippen LogP contribution in [0.1, 0.15) is 45.2 Å². The van der Waals surface area contributed by atoms with Crippen LogP contribution in [0.3, 0.4) is 0 Å². The lowest BCUT2D eigenvalue weighted by molar-refractivity contribution is -0.194. The first-order valence-corrected chi connectivity index (χ1v) is 8.42. The maximum absolute atomic E-state index is 5.98. The van der Waals surface area contributed by atoms with Gasteiger partial charge in [0.2, 0.25) is 0 Å². The fraction of sp³-hybridized carbons (Fsp3) is 0.647. The molecule has 1 N–H and O–H groups in total. The smallest absolute Gasteiger partial charge is 0.0684 e. The average Bonchev–Trinajstić information content (AvgIpc) is 2.44. The number of nitrogens with one attached hydrogen (secondary N) is 1. The Kier molecular flexibility index (Phi) is 3.95. The molecule has 1 aliphatic heterocycles. The number of hydrogen-bond donors (Lipinski definition) is 1. The summed E-state index contributed by atoms with van der Waals surface area (Å²) in [7, 11) is 0. The van der Waals surface area contributed by atoms with Gasteiger partial charge in [0, 0.05) is 34.5 Å². The molecule has 2 fully saturated rings. The van der Waals surface area contributed by atoms with E-state index in [1.807, 2.05) is 0 Å². The lowest BCUT2D eigenvalue weighted by Crippen LogP contribution is -2.69. The van der Waals surface area contributed by atoms with Gasteiger partial charge >= 0.3 is 0 Å². The number of halogens is 1. The first-order valence-electron chi connectivity index (χ1n) is 7.63. The van der Waals surface area contributed by atoms with E-state index in [2.05, 4.69) is 66.3 Å². The predicted octanol–water partition coefficient (Wildman–Crippen LogP) is 4.30. The Bertz CT molecular complexity index is 488. The maximum atomic E-state index is 5.98. The van der Waals surface area contributed by atoms with Crippen molar-refractivity contribution in [3.8, 4) is 0 Å². The van der Waals surface area contributed by atoms with E-state index in [0.717, 1.165) is 11.1 Å². The molecule has 4 atom stereocenters. The third kappa shape index (κ3) is 2.44. The number of rotatable bonds is 3. The van der Waals surface area contributed by atoms with Crippen LogP contribution in [0.15, 0.2) is 28.7 Å². The summed E-state index contributed by atoms with van der Waals surface area (Å²) in [5.74, 6) is 0.688. The summed E-state index contributed by atoms with van der Waals surface area (Å²) in [6, 6.07) is 9.52. The molecule has 1 saturated carbocycles. The van der Waals surface area contributed by atoms with Crippen molar-refractivity contribution in [1.82, 2.24) is 5.32 Å². The normalized spacial score (nSPS) is 33.1. The van der Waals surface area contributed by atoms with Crippen LogP contribution in [0, 0.1) is 11.3 Å². The monoisotopic (exact) mass is 337 g/mol. The molecule has 110 valence electrons. The Morgan fingerprint density at radius 2 is 2.20 bits per heavy atom. The zero-order chi connectivity index (χ0) is 14.3. The zero-order valence-electron chi connectivity index (χ0n) is 12.5. The predicted molar refractivity (Wildman–Crippen MR) is 85.7 cm³/mol. The van der Waals surface area contributed by atoms with Crippen molar-refractivity contribution in [1.29, 1.82) is 0 Å². The highest BCUT2D eigenvalue weighted by atomic mass is 79.9. The van der Waals surface area contributed by atoms with Gasteiger partial charge in [-0.2, -0.15) is 0 Å². The third-order valence-corrected chi connectivity index (χ3v) is 5.60. The van der Waals surface area contributed by atoms with Gasteiger partial charge < -0.3 is 10.1 Å². The van der Waals surface area contributed by atoms with Crippen LogP contribution < -0.4 is 5.32 Å². The molecule has 1 aliphatic carbocycles. The van der Waals surface area contributed by atoms with E-state index in [-0.39, 0.29) is 5.41 Å². The van der Waals surface area contributed by atoms with Gasteiger partial charge in [-0.15, -0.1) is 0 Å². The van der Waals surface area contributed by atoms with Gasteiger partial charge in [0.05, 0.1) is 6.10 Å². The Balaban J connectivity index is 1.71. The van der Waals surface area contributed by atoms with E-state index in [1.54, 1.807) is 0 Å². The van der Waals surface area contributed by atoms with E-state index < -0.39 is 0 Å². The van der Waals surface area contributed by atoms with Gasteiger partial charge in [0.25, 0.3) is 0 Å². The first-order chi connectivity index (χ1) is 9.50. The average molecular weight is 338 g/mol. The number of fused-ring (bicyclic) bond motifs is 1. The highest BCUT2D eigenvalue weighted by Crippen LogP contribution is 2.51. The minimum absolute atomic E-state index is 0.241. The summed E-state index contributed by atoms with van der Waals surface area (Å²) >= 11 is 3.56. The highest BCUT2D eigenvalue weighted by molar-refractivity contribution is 9.10. The fourth-order valence-electron chi connectivity index (χ4n) is 4.00. The molecule has 0 spiro atoms. The van der Waals surface area contributed by atoms with Crippen molar-refractivity contribution < 1.29 is 4.74 Å². The van der Waals surface area contributed by atoms with Crippen LogP contribution in [-0.2, 0) is 4.74 Å². The minimum atomic E-state index is 0.241. The molecule has 1 aromatic carbocycles. The standard InChI is InChI=1S/C17H24BrNO/c1-11(12-6-4-7-13(18)10-12)19-15-14-8-5-9-20-16(14)17(15,2)3/h4,6-7,10-11,14-16,19H,5,8-9H2,1-3H3/t11-,14?,15?,16?/m0/s1. The van der Waals surface area contributed by atoms with E-state index in [4.69, 9.17) is 4.74 Å². The molecule has 3 unspecified atom stereocenters.